The number of carbonyl (C=O) groups excluding carboxylic acids is 2. The van der Waals surface area contributed by atoms with Crippen molar-refractivity contribution in [3.63, 3.8) is 0 Å². The summed E-state index contributed by atoms with van der Waals surface area (Å²) in [7, 11) is 0. The van der Waals surface area contributed by atoms with Gasteiger partial charge >= 0.3 is 5.97 Å². The fourth-order valence-electron chi connectivity index (χ4n) is 1.81. The van der Waals surface area contributed by atoms with E-state index in [2.05, 4.69) is 17.3 Å². The van der Waals surface area contributed by atoms with Gasteiger partial charge in [-0.3, -0.25) is 9.48 Å². The predicted octanol–water partition coefficient (Wildman–Crippen LogP) is 2.57. The Labute approximate surface area is 136 Å². The van der Waals surface area contributed by atoms with Gasteiger partial charge in [-0.15, -0.1) is 0 Å². The summed E-state index contributed by atoms with van der Waals surface area (Å²) in [4.78, 5) is 23.6. The summed E-state index contributed by atoms with van der Waals surface area (Å²) in [5.74, 6) is -0.604. The molecule has 0 aromatic carbocycles. The van der Waals surface area contributed by atoms with Crippen LogP contribution in [0.1, 0.15) is 49.7 Å². The van der Waals surface area contributed by atoms with E-state index in [1.165, 1.54) is 0 Å². The highest BCUT2D eigenvalue weighted by atomic mass is 35.5. The van der Waals surface area contributed by atoms with Crippen LogP contribution in [0.25, 0.3) is 0 Å². The van der Waals surface area contributed by atoms with Crippen molar-refractivity contribution in [1.29, 1.82) is 0 Å². The van der Waals surface area contributed by atoms with Gasteiger partial charge in [0.15, 0.2) is 6.61 Å². The van der Waals surface area contributed by atoms with E-state index in [0.717, 1.165) is 12.8 Å². The van der Waals surface area contributed by atoms with Gasteiger partial charge in [0, 0.05) is 13.1 Å². The summed E-state index contributed by atoms with van der Waals surface area (Å²) in [6, 6.07) is 0. The molecule has 1 rings (SSSR count). The van der Waals surface area contributed by atoms with Crippen LogP contribution in [0.4, 0.5) is 0 Å². The number of hydrogen-bond donors (Lipinski definition) is 1. The van der Waals surface area contributed by atoms with Crippen LogP contribution >= 0.6 is 11.6 Å². The monoisotopic (exact) mass is 329 g/mol. The summed E-state index contributed by atoms with van der Waals surface area (Å²) >= 11 is 6.18. The first-order valence-corrected chi connectivity index (χ1v) is 7.91. The molecule has 0 saturated carbocycles. The van der Waals surface area contributed by atoms with Gasteiger partial charge in [0.05, 0.1) is 5.69 Å². The third kappa shape index (κ3) is 5.33. The van der Waals surface area contributed by atoms with Crippen molar-refractivity contribution in [2.75, 3.05) is 13.2 Å². The zero-order valence-electron chi connectivity index (χ0n) is 13.6. The molecule has 6 nitrogen and oxygen atoms in total. The molecule has 0 radical (unpaired) electrons. The molecule has 7 heteroatoms. The fraction of sp³-hybridized carbons (Fsp3) is 0.667. The standard InChI is InChI=1S/C15H24ClN3O3/c1-5-6-7-19-14(16)13(11(4)18-19)15(21)22-9-12(20)17-8-10(2)3/h10H,5-9H2,1-4H3,(H,17,20). The van der Waals surface area contributed by atoms with Crippen LogP contribution in [0.5, 0.6) is 0 Å². The number of aromatic nitrogens is 2. The van der Waals surface area contributed by atoms with Crippen molar-refractivity contribution in [3.8, 4) is 0 Å². The van der Waals surface area contributed by atoms with Crippen molar-refractivity contribution < 1.29 is 14.3 Å². The maximum atomic E-state index is 12.1. The Balaban J connectivity index is 2.62. The Morgan fingerprint density at radius 3 is 2.68 bits per heavy atom. The lowest BCUT2D eigenvalue weighted by Crippen LogP contribution is -2.31. The SMILES string of the molecule is CCCCn1nc(C)c(C(=O)OCC(=O)NCC(C)C)c1Cl. The molecule has 1 N–H and O–H groups in total. The van der Waals surface area contributed by atoms with Gasteiger partial charge in [0.25, 0.3) is 5.91 Å². The Kier molecular flexibility index (Phi) is 7.38. The largest absolute Gasteiger partial charge is 0.452 e. The average molecular weight is 330 g/mol. The third-order valence-corrected chi connectivity index (χ3v) is 3.42. The molecule has 1 amide bonds. The predicted molar refractivity (Wildman–Crippen MR) is 85.0 cm³/mol. The van der Waals surface area contributed by atoms with Gasteiger partial charge in [-0.1, -0.05) is 38.8 Å². The second kappa shape index (κ2) is 8.78. The lowest BCUT2D eigenvalue weighted by atomic mass is 10.2. The number of aryl methyl sites for hydroxylation is 2. The topological polar surface area (TPSA) is 73.2 Å². The van der Waals surface area contributed by atoms with E-state index >= 15 is 0 Å². The molecule has 0 fully saturated rings. The number of halogens is 1. The van der Waals surface area contributed by atoms with Crippen molar-refractivity contribution in [1.82, 2.24) is 15.1 Å². The van der Waals surface area contributed by atoms with E-state index < -0.39 is 5.97 Å². The van der Waals surface area contributed by atoms with Gasteiger partial charge in [-0.05, 0) is 19.3 Å². The fourth-order valence-corrected chi connectivity index (χ4v) is 2.15. The number of nitrogens with zero attached hydrogens (tertiary/aromatic N) is 2. The molecule has 1 aromatic rings. The minimum atomic E-state index is -0.620. The summed E-state index contributed by atoms with van der Waals surface area (Å²) in [6.07, 6.45) is 1.93. The second-order valence-electron chi connectivity index (χ2n) is 5.60. The van der Waals surface area contributed by atoms with Crippen molar-refractivity contribution in [2.45, 2.75) is 47.1 Å². The van der Waals surface area contributed by atoms with Crippen LogP contribution in [0.15, 0.2) is 0 Å². The summed E-state index contributed by atoms with van der Waals surface area (Å²) in [6.45, 7) is 8.62. The summed E-state index contributed by atoms with van der Waals surface area (Å²) < 4.78 is 6.61. The van der Waals surface area contributed by atoms with Crippen LogP contribution in [-0.4, -0.2) is 34.8 Å². The quantitative estimate of drug-likeness (QED) is 0.744. The van der Waals surface area contributed by atoms with Crippen molar-refractivity contribution >= 4 is 23.5 Å². The van der Waals surface area contributed by atoms with Crippen molar-refractivity contribution in [3.05, 3.63) is 16.4 Å². The highest BCUT2D eigenvalue weighted by molar-refractivity contribution is 6.32. The molecule has 0 aliphatic carbocycles. The maximum absolute atomic E-state index is 12.1. The molecule has 0 atom stereocenters. The molecule has 0 bridgehead atoms. The van der Waals surface area contributed by atoms with Gasteiger partial charge in [0.2, 0.25) is 0 Å². The Morgan fingerprint density at radius 2 is 2.09 bits per heavy atom. The summed E-state index contributed by atoms with van der Waals surface area (Å²) in [5.41, 5.74) is 0.739. The van der Waals surface area contributed by atoms with Gasteiger partial charge in [-0.25, -0.2) is 4.79 Å². The molecule has 0 unspecified atom stereocenters. The summed E-state index contributed by atoms with van der Waals surface area (Å²) in [5, 5.41) is 7.18. The number of carbonyl (C=O) groups is 2. The Morgan fingerprint density at radius 1 is 1.41 bits per heavy atom. The van der Waals surface area contributed by atoms with Crippen LogP contribution in [0.3, 0.4) is 0 Å². The van der Waals surface area contributed by atoms with Crippen LogP contribution in [0.2, 0.25) is 5.15 Å². The molecular formula is C15H24ClN3O3. The first-order valence-electron chi connectivity index (χ1n) is 7.53. The third-order valence-electron chi connectivity index (χ3n) is 3.03. The molecule has 0 aliphatic heterocycles. The molecule has 1 aromatic heterocycles. The molecular weight excluding hydrogens is 306 g/mol. The second-order valence-corrected chi connectivity index (χ2v) is 5.96. The van der Waals surface area contributed by atoms with Gasteiger partial charge in [-0.2, -0.15) is 5.10 Å². The lowest BCUT2D eigenvalue weighted by molar-refractivity contribution is -0.124. The number of nitrogens with one attached hydrogen (secondary N) is 1. The highest BCUT2D eigenvalue weighted by Crippen LogP contribution is 2.21. The van der Waals surface area contributed by atoms with E-state index in [1.54, 1.807) is 11.6 Å². The van der Waals surface area contributed by atoms with Gasteiger partial charge in [0.1, 0.15) is 10.7 Å². The number of hydrogen-bond acceptors (Lipinski definition) is 4. The Hall–Kier alpha value is -1.56. The zero-order valence-corrected chi connectivity index (χ0v) is 14.4. The molecule has 124 valence electrons. The van der Waals surface area contributed by atoms with E-state index in [9.17, 15) is 9.59 Å². The normalized spacial score (nSPS) is 10.8. The Bertz CT molecular complexity index is 526. The van der Waals surface area contributed by atoms with E-state index in [0.29, 0.717) is 24.7 Å². The molecule has 0 spiro atoms. The number of rotatable bonds is 8. The number of ether oxygens (including phenoxy) is 1. The maximum Gasteiger partial charge on any atom is 0.343 e. The van der Waals surface area contributed by atoms with E-state index in [4.69, 9.17) is 16.3 Å². The number of esters is 1. The van der Waals surface area contributed by atoms with Crippen LogP contribution < -0.4 is 5.32 Å². The zero-order chi connectivity index (χ0) is 16.7. The molecule has 0 saturated heterocycles. The van der Waals surface area contributed by atoms with Crippen molar-refractivity contribution in [2.24, 2.45) is 5.92 Å². The smallest absolute Gasteiger partial charge is 0.343 e. The number of amides is 1. The molecule has 1 heterocycles. The molecule has 0 aliphatic rings. The highest BCUT2D eigenvalue weighted by Gasteiger charge is 2.22. The van der Waals surface area contributed by atoms with Gasteiger partial charge < -0.3 is 10.1 Å². The van der Waals surface area contributed by atoms with Crippen LogP contribution in [0, 0.1) is 12.8 Å². The van der Waals surface area contributed by atoms with E-state index in [1.807, 2.05) is 13.8 Å². The van der Waals surface area contributed by atoms with E-state index in [-0.39, 0.29) is 23.2 Å². The van der Waals surface area contributed by atoms with Crippen LogP contribution in [-0.2, 0) is 16.1 Å². The average Bonchev–Trinajstić information content (AvgIpc) is 2.74. The number of unbranched alkanes of at least 4 members (excludes halogenated alkanes) is 1. The minimum absolute atomic E-state index is 0.231. The first-order chi connectivity index (χ1) is 10.4. The first kappa shape index (κ1) is 18.5. The lowest BCUT2D eigenvalue weighted by Gasteiger charge is -2.08. The minimum Gasteiger partial charge on any atom is -0.452 e. The molecule has 22 heavy (non-hydrogen) atoms.